The van der Waals surface area contributed by atoms with E-state index in [2.05, 4.69) is 4.90 Å². The zero-order chi connectivity index (χ0) is 15.5. The van der Waals surface area contributed by atoms with E-state index in [1.165, 1.54) is 0 Å². The standard InChI is InChI=1S/C15H20N2O4S/c18-15(19)13-11-12(22(20)17-7-9-21-10-8-17)3-4-14(13)16-5-1-2-6-16/h3-4,11H,1-2,5-10H2,(H,18,19). The molecule has 2 heterocycles. The van der Waals surface area contributed by atoms with Gasteiger partial charge in [0.25, 0.3) is 0 Å². The Bertz CT molecular complexity index is 581. The molecule has 0 amide bonds. The van der Waals surface area contributed by atoms with Crippen molar-refractivity contribution in [1.82, 2.24) is 4.31 Å². The molecule has 0 saturated carbocycles. The van der Waals surface area contributed by atoms with E-state index in [9.17, 15) is 14.1 Å². The van der Waals surface area contributed by atoms with E-state index < -0.39 is 17.0 Å². The summed E-state index contributed by atoms with van der Waals surface area (Å²) in [4.78, 5) is 14.2. The quantitative estimate of drug-likeness (QED) is 0.905. The van der Waals surface area contributed by atoms with Crippen molar-refractivity contribution in [2.24, 2.45) is 0 Å². The number of carboxylic acids is 1. The first-order chi connectivity index (χ1) is 10.7. The van der Waals surface area contributed by atoms with Crippen molar-refractivity contribution in [2.75, 3.05) is 44.3 Å². The highest BCUT2D eigenvalue weighted by molar-refractivity contribution is 7.82. The number of ether oxygens (including phenoxy) is 1. The average molecular weight is 324 g/mol. The van der Waals surface area contributed by atoms with Crippen LogP contribution in [0.2, 0.25) is 0 Å². The molecule has 0 bridgehead atoms. The van der Waals surface area contributed by atoms with Gasteiger partial charge in [-0.1, -0.05) is 0 Å². The van der Waals surface area contributed by atoms with Gasteiger partial charge >= 0.3 is 5.97 Å². The molecule has 7 heteroatoms. The van der Waals surface area contributed by atoms with E-state index in [0.29, 0.717) is 31.2 Å². The van der Waals surface area contributed by atoms with Gasteiger partial charge in [-0.15, -0.1) is 0 Å². The largest absolute Gasteiger partial charge is 0.478 e. The molecule has 1 aromatic carbocycles. The first-order valence-corrected chi connectivity index (χ1v) is 8.64. The molecule has 0 aliphatic carbocycles. The lowest BCUT2D eigenvalue weighted by Crippen LogP contribution is -2.37. The fraction of sp³-hybridized carbons (Fsp3) is 0.533. The van der Waals surface area contributed by atoms with Crippen LogP contribution in [0.5, 0.6) is 0 Å². The number of hydrogen-bond acceptors (Lipinski definition) is 4. The van der Waals surface area contributed by atoms with Crippen LogP contribution >= 0.6 is 0 Å². The van der Waals surface area contributed by atoms with Gasteiger partial charge in [-0.3, -0.25) is 0 Å². The minimum atomic E-state index is -1.33. The molecule has 120 valence electrons. The van der Waals surface area contributed by atoms with E-state index in [4.69, 9.17) is 4.74 Å². The Morgan fingerprint density at radius 3 is 2.45 bits per heavy atom. The highest BCUT2D eigenvalue weighted by atomic mass is 32.2. The number of rotatable bonds is 4. The Hall–Kier alpha value is -1.44. The normalized spacial score (nSPS) is 21.0. The lowest BCUT2D eigenvalue weighted by atomic mass is 10.1. The Labute approximate surface area is 132 Å². The summed E-state index contributed by atoms with van der Waals surface area (Å²) < 4.78 is 19.7. The Morgan fingerprint density at radius 2 is 1.82 bits per heavy atom. The van der Waals surface area contributed by atoms with Gasteiger partial charge in [-0.05, 0) is 31.0 Å². The van der Waals surface area contributed by atoms with Gasteiger partial charge in [-0.25, -0.2) is 13.3 Å². The Morgan fingerprint density at radius 1 is 1.14 bits per heavy atom. The molecule has 2 saturated heterocycles. The molecule has 1 unspecified atom stereocenters. The van der Waals surface area contributed by atoms with Gasteiger partial charge in [0.15, 0.2) is 0 Å². The van der Waals surface area contributed by atoms with Crippen LogP contribution < -0.4 is 4.90 Å². The molecular weight excluding hydrogens is 304 g/mol. The topological polar surface area (TPSA) is 70.1 Å². The van der Waals surface area contributed by atoms with Crippen LogP contribution in [-0.4, -0.2) is 59.0 Å². The Balaban J connectivity index is 1.87. The molecule has 1 N–H and O–H groups in total. The van der Waals surface area contributed by atoms with Gasteiger partial charge < -0.3 is 14.7 Å². The van der Waals surface area contributed by atoms with Crippen LogP contribution in [0.4, 0.5) is 5.69 Å². The smallest absolute Gasteiger partial charge is 0.337 e. The van der Waals surface area contributed by atoms with Crippen molar-refractivity contribution < 1.29 is 18.8 Å². The van der Waals surface area contributed by atoms with Crippen LogP contribution in [0.3, 0.4) is 0 Å². The maximum absolute atomic E-state index is 12.6. The number of aromatic carboxylic acids is 1. The monoisotopic (exact) mass is 324 g/mol. The maximum Gasteiger partial charge on any atom is 0.337 e. The molecule has 3 rings (SSSR count). The molecule has 2 aliphatic rings. The molecule has 1 atom stereocenters. The van der Waals surface area contributed by atoms with Crippen LogP contribution in [0.15, 0.2) is 23.1 Å². The van der Waals surface area contributed by atoms with E-state index in [-0.39, 0.29) is 5.56 Å². The zero-order valence-electron chi connectivity index (χ0n) is 12.4. The van der Waals surface area contributed by atoms with Crippen molar-refractivity contribution in [3.8, 4) is 0 Å². The fourth-order valence-electron chi connectivity index (χ4n) is 2.89. The zero-order valence-corrected chi connectivity index (χ0v) is 13.2. The van der Waals surface area contributed by atoms with Crippen molar-refractivity contribution in [2.45, 2.75) is 17.7 Å². The SMILES string of the molecule is O=C(O)c1cc(S(=O)N2CCOCC2)ccc1N1CCCC1. The second-order valence-electron chi connectivity index (χ2n) is 5.47. The summed E-state index contributed by atoms with van der Waals surface area (Å²) in [6.45, 7) is 4.08. The first kappa shape index (κ1) is 15.5. The van der Waals surface area contributed by atoms with Crippen molar-refractivity contribution in [1.29, 1.82) is 0 Å². The van der Waals surface area contributed by atoms with Crippen molar-refractivity contribution in [3.05, 3.63) is 23.8 Å². The third-order valence-corrected chi connectivity index (χ3v) is 5.54. The number of hydrogen-bond donors (Lipinski definition) is 1. The fourth-order valence-corrected chi connectivity index (χ4v) is 4.07. The molecule has 0 spiro atoms. The average Bonchev–Trinajstić information content (AvgIpc) is 3.08. The summed E-state index contributed by atoms with van der Waals surface area (Å²) >= 11 is 0. The number of carbonyl (C=O) groups is 1. The molecule has 2 fully saturated rings. The molecule has 0 aromatic heterocycles. The molecule has 2 aliphatic heterocycles. The lowest BCUT2D eigenvalue weighted by molar-refractivity contribution is 0.0697. The van der Waals surface area contributed by atoms with Crippen LogP contribution in [0, 0.1) is 0 Å². The maximum atomic E-state index is 12.6. The van der Waals surface area contributed by atoms with E-state index in [0.717, 1.165) is 31.6 Å². The van der Waals surface area contributed by atoms with Gasteiger partial charge in [0, 0.05) is 26.2 Å². The number of morpholine rings is 1. The van der Waals surface area contributed by atoms with Gasteiger partial charge in [0.1, 0.15) is 11.0 Å². The Kier molecular flexibility index (Phi) is 4.75. The predicted molar refractivity (Wildman–Crippen MR) is 83.6 cm³/mol. The molecule has 1 aromatic rings. The predicted octanol–water partition coefficient (Wildman–Crippen LogP) is 1.34. The summed E-state index contributed by atoms with van der Waals surface area (Å²) in [6, 6.07) is 5.13. The second kappa shape index (κ2) is 6.76. The molecule has 6 nitrogen and oxygen atoms in total. The van der Waals surface area contributed by atoms with E-state index in [1.807, 2.05) is 4.31 Å². The summed E-state index contributed by atoms with van der Waals surface area (Å²) in [5.41, 5.74) is 0.966. The van der Waals surface area contributed by atoms with E-state index in [1.54, 1.807) is 18.2 Å². The number of carboxylic acid groups (broad SMARTS) is 1. The summed E-state index contributed by atoms with van der Waals surface area (Å²) in [5.74, 6) is -0.970. The van der Waals surface area contributed by atoms with Crippen LogP contribution in [-0.2, 0) is 15.7 Å². The van der Waals surface area contributed by atoms with Crippen LogP contribution in [0.25, 0.3) is 0 Å². The first-order valence-electron chi connectivity index (χ1n) is 7.53. The third-order valence-electron chi connectivity index (χ3n) is 4.05. The summed E-state index contributed by atoms with van der Waals surface area (Å²) in [6.07, 6.45) is 2.17. The van der Waals surface area contributed by atoms with Crippen LogP contribution in [0.1, 0.15) is 23.2 Å². The van der Waals surface area contributed by atoms with Gasteiger partial charge in [-0.2, -0.15) is 0 Å². The molecular formula is C15H20N2O4S. The summed E-state index contributed by atoms with van der Waals surface area (Å²) in [5, 5.41) is 9.48. The minimum Gasteiger partial charge on any atom is -0.478 e. The van der Waals surface area contributed by atoms with Gasteiger partial charge in [0.05, 0.1) is 29.4 Å². The summed E-state index contributed by atoms with van der Waals surface area (Å²) in [7, 11) is -1.33. The number of anilines is 1. The third kappa shape index (κ3) is 3.16. The minimum absolute atomic E-state index is 0.237. The molecule has 0 radical (unpaired) electrons. The van der Waals surface area contributed by atoms with Crippen molar-refractivity contribution in [3.63, 3.8) is 0 Å². The lowest BCUT2D eigenvalue weighted by Gasteiger charge is -2.26. The van der Waals surface area contributed by atoms with Crippen molar-refractivity contribution >= 4 is 22.6 Å². The highest BCUT2D eigenvalue weighted by Gasteiger charge is 2.23. The molecule has 22 heavy (non-hydrogen) atoms. The van der Waals surface area contributed by atoms with Gasteiger partial charge in [0.2, 0.25) is 0 Å². The van der Waals surface area contributed by atoms with E-state index >= 15 is 0 Å². The second-order valence-corrected chi connectivity index (χ2v) is 6.95. The highest BCUT2D eigenvalue weighted by Crippen LogP contribution is 2.27. The number of nitrogens with zero attached hydrogens (tertiary/aromatic N) is 2. The number of benzene rings is 1.